The van der Waals surface area contributed by atoms with Crippen LogP contribution < -0.4 is 5.32 Å². The van der Waals surface area contributed by atoms with Gasteiger partial charge in [0.15, 0.2) is 5.78 Å². The molecule has 1 N–H and O–H groups in total. The molecule has 1 atom stereocenters. The number of hydrogen-bond donors (Lipinski definition) is 1. The molecule has 1 amide bonds. The Labute approximate surface area is 131 Å². The first-order chi connectivity index (χ1) is 10.6. The Kier molecular flexibility index (Phi) is 5.48. The molecule has 0 saturated heterocycles. The van der Waals surface area contributed by atoms with Crippen molar-refractivity contribution in [3.05, 3.63) is 71.8 Å². The number of nitrogens with one attached hydrogen (secondary N) is 1. The summed E-state index contributed by atoms with van der Waals surface area (Å²) < 4.78 is 0. The van der Waals surface area contributed by atoms with Gasteiger partial charge in [-0.05, 0) is 25.0 Å². The van der Waals surface area contributed by atoms with Gasteiger partial charge in [0.2, 0.25) is 5.91 Å². The predicted molar refractivity (Wildman–Crippen MR) is 87.6 cm³/mol. The van der Waals surface area contributed by atoms with E-state index >= 15 is 0 Å². The highest BCUT2D eigenvalue weighted by Gasteiger charge is 2.19. The van der Waals surface area contributed by atoms with E-state index in [0.717, 1.165) is 11.1 Å². The van der Waals surface area contributed by atoms with Crippen LogP contribution in [0.3, 0.4) is 0 Å². The zero-order valence-electron chi connectivity index (χ0n) is 13.0. The van der Waals surface area contributed by atoms with Crippen molar-refractivity contribution in [3.8, 4) is 0 Å². The minimum Gasteiger partial charge on any atom is -0.347 e. The second kappa shape index (κ2) is 7.55. The molecule has 0 aliphatic rings. The molecular weight excluding hydrogens is 274 g/mol. The Bertz CT molecular complexity index is 583. The molecule has 0 fully saturated rings. The predicted octanol–water partition coefficient (Wildman–Crippen LogP) is 3.30. The second-order valence-corrected chi connectivity index (χ2v) is 5.48. The van der Waals surface area contributed by atoms with Crippen molar-refractivity contribution in [1.29, 1.82) is 0 Å². The van der Waals surface area contributed by atoms with Gasteiger partial charge in [-0.2, -0.15) is 0 Å². The van der Waals surface area contributed by atoms with Crippen LogP contribution in [0.4, 0.5) is 0 Å². The molecule has 0 aliphatic heterocycles. The minimum atomic E-state index is -0.445. The van der Waals surface area contributed by atoms with Gasteiger partial charge in [-0.1, -0.05) is 60.7 Å². The summed E-state index contributed by atoms with van der Waals surface area (Å²) in [5.74, 6) is -0.161. The summed E-state index contributed by atoms with van der Waals surface area (Å²) in [6.45, 7) is 3.19. The Balaban J connectivity index is 2.19. The lowest BCUT2D eigenvalue weighted by atomic mass is 9.88. The molecule has 0 saturated carbocycles. The average molecular weight is 295 g/mol. The van der Waals surface area contributed by atoms with E-state index in [4.69, 9.17) is 0 Å². The molecule has 2 rings (SSSR count). The van der Waals surface area contributed by atoms with Gasteiger partial charge in [0.1, 0.15) is 0 Å². The molecule has 114 valence electrons. The van der Waals surface area contributed by atoms with Crippen molar-refractivity contribution in [2.24, 2.45) is 0 Å². The first kappa shape index (κ1) is 16.0. The minimum absolute atomic E-state index is 0.0124. The molecule has 22 heavy (non-hydrogen) atoms. The van der Waals surface area contributed by atoms with Crippen LogP contribution in [0.25, 0.3) is 0 Å². The summed E-state index contributed by atoms with van der Waals surface area (Å²) in [5, 5.41) is 2.76. The van der Waals surface area contributed by atoms with Crippen LogP contribution in [0.5, 0.6) is 0 Å². The molecule has 0 heterocycles. The van der Waals surface area contributed by atoms with Crippen LogP contribution in [0, 0.1) is 0 Å². The van der Waals surface area contributed by atoms with Crippen molar-refractivity contribution in [2.75, 3.05) is 0 Å². The molecule has 0 radical (unpaired) electrons. The van der Waals surface area contributed by atoms with Crippen LogP contribution in [-0.4, -0.2) is 17.7 Å². The molecular formula is C19H21NO2. The zero-order valence-corrected chi connectivity index (χ0v) is 13.0. The Morgan fingerprint density at radius 2 is 1.36 bits per heavy atom. The smallest absolute Gasteiger partial charge is 0.221 e. The van der Waals surface area contributed by atoms with E-state index in [0.29, 0.717) is 6.42 Å². The lowest BCUT2D eigenvalue weighted by Gasteiger charge is -2.19. The third kappa shape index (κ3) is 4.29. The number of ketones is 1. The molecule has 3 heteroatoms. The summed E-state index contributed by atoms with van der Waals surface area (Å²) in [6, 6.07) is 19.5. The van der Waals surface area contributed by atoms with Crippen LogP contribution >= 0.6 is 0 Å². The quantitative estimate of drug-likeness (QED) is 0.888. The fraction of sp³-hybridized carbons (Fsp3) is 0.263. The second-order valence-electron chi connectivity index (χ2n) is 5.48. The summed E-state index contributed by atoms with van der Waals surface area (Å²) in [5.41, 5.74) is 2.19. The number of rotatable bonds is 6. The molecule has 0 aliphatic carbocycles. The summed E-state index contributed by atoms with van der Waals surface area (Å²) in [6.07, 6.45) is 0.325. The molecule has 3 nitrogen and oxygen atoms in total. The van der Waals surface area contributed by atoms with Crippen LogP contribution in [0.2, 0.25) is 0 Å². The van der Waals surface area contributed by atoms with Gasteiger partial charge in [-0.25, -0.2) is 0 Å². The number of carbonyl (C=O) groups is 2. The van der Waals surface area contributed by atoms with E-state index in [-0.39, 0.29) is 17.6 Å². The van der Waals surface area contributed by atoms with Crippen LogP contribution in [0.15, 0.2) is 60.7 Å². The first-order valence-electron chi connectivity index (χ1n) is 7.47. The van der Waals surface area contributed by atoms with Crippen LogP contribution in [-0.2, 0) is 9.59 Å². The summed E-state index contributed by atoms with van der Waals surface area (Å²) in [7, 11) is 0. The normalized spacial score (nSPS) is 12.0. The van der Waals surface area contributed by atoms with Crippen molar-refractivity contribution in [1.82, 2.24) is 5.32 Å². The van der Waals surface area contributed by atoms with Gasteiger partial charge in [-0.3, -0.25) is 9.59 Å². The Morgan fingerprint density at radius 1 is 0.909 bits per heavy atom. The summed E-state index contributed by atoms with van der Waals surface area (Å²) >= 11 is 0. The van der Waals surface area contributed by atoms with Crippen molar-refractivity contribution < 1.29 is 9.59 Å². The van der Waals surface area contributed by atoms with E-state index < -0.39 is 6.04 Å². The highest BCUT2D eigenvalue weighted by atomic mass is 16.2. The monoisotopic (exact) mass is 295 g/mol. The van der Waals surface area contributed by atoms with E-state index in [1.54, 1.807) is 6.92 Å². The van der Waals surface area contributed by atoms with E-state index in [2.05, 4.69) is 5.32 Å². The third-order valence-corrected chi connectivity index (χ3v) is 3.78. The fourth-order valence-corrected chi connectivity index (χ4v) is 2.39. The number of amides is 1. The standard InChI is InChI=1S/C19H21NO2/c1-14(15(2)21)20-19(22)13-18(16-9-5-3-6-10-16)17-11-7-4-8-12-17/h3-12,14,18H,13H2,1-2H3,(H,20,22). The number of hydrogen-bond acceptors (Lipinski definition) is 2. The highest BCUT2D eigenvalue weighted by Crippen LogP contribution is 2.27. The molecule has 2 aromatic carbocycles. The van der Waals surface area contributed by atoms with Crippen molar-refractivity contribution >= 4 is 11.7 Å². The van der Waals surface area contributed by atoms with Crippen LogP contribution in [0.1, 0.15) is 37.3 Å². The third-order valence-electron chi connectivity index (χ3n) is 3.78. The maximum absolute atomic E-state index is 12.3. The van der Waals surface area contributed by atoms with Gasteiger partial charge in [0, 0.05) is 12.3 Å². The SMILES string of the molecule is CC(=O)C(C)NC(=O)CC(c1ccccc1)c1ccccc1. The lowest BCUT2D eigenvalue weighted by molar-refractivity contribution is -0.126. The lowest BCUT2D eigenvalue weighted by Crippen LogP contribution is -2.37. The van der Waals surface area contributed by atoms with Gasteiger partial charge in [0.25, 0.3) is 0 Å². The largest absolute Gasteiger partial charge is 0.347 e. The van der Waals surface area contributed by atoms with Gasteiger partial charge < -0.3 is 5.32 Å². The van der Waals surface area contributed by atoms with E-state index in [9.17, 15) is 9.59 Å². The zero-order chi connectivity index (χ0) is 15.9. The highest BCUT2D eigenvalue weighted by molar-refractivity contribution is 5.87. The first-order valence-corrected chi connectivity index (χ1v) is 7.47. The molecule has 1 unspecified atom stereocenters. The maximum Gasteiger partial charge on any atom is 0.221 e. The van der Waals surface area contributed by atoms with Gasteiger partial charge >= 0.3 is 0 Å². The average Bonchev–Trinajstić information content (AvgIpc) is 2.54. The molecule has 0 bridgehead atoms. The van der Waals surface area contributed by atoms with E-state index in [1.807, 2.05) is 60.7 Å². The molecule has 0 aromatic heterocycles. The van der Waals surface area contributed by atoms with Crippen molar-refractivity contribution in [3.63, 3.8) is 0 Å². The topological polar surface area (TPSA) is 46.2 Å². The van der Waals surface area contributed by atoms with Crippen molar-refractivity contribution in [2.45, 2.75) is 32.2 Å². The number of carbonyl (C=O) groups excluding carboxylic acids is 2. The number of benzene rings is 2. The van der Waals surface area contributed by atoms with Gasteiger partial charge in [-0.15, -0.1) is 0 Å². The van der Waals surface area contributed by atoms with Gasteiger partial charge in [0.05, 0.1) is 6.04 Å². The number of Topliss-reactive ketones (excluding diaryl/α,β-unsaturated/α-hetero) is 1. The Morgan fingerprint density at radius 3 is 1.77 bits per heavy atom. The molecule has 0 spiro atoms. The molecule has 2 aromatic rings. The fourth-order valence-electron chi connectivity index (χ4n) is 2.39. The maximum atomic E-state index is 12.3. The Hall–Kier alpha value is -2.42. The van der Waals surface area contributed by atoms with E-state index in [1.165, 1.54) is 6.92 Å². The summed E-state index contributed by atoms with van der Waals surface area (Å²) in [4.78, 5) is 23.5.